The van der Waals surface area contributed by atoms with Crippen molar-refractivity contribution in [2.45, 2.75) is 25.9 Å². The molecule has 2 N–H and O–H groups in total. The first-order valence-corrected chi connectivity index (χ1v) is 7.01. The predicted octanol–water partition coefficient (Wildman–Crippen LogP) is 3.80. The lowest BCUT2D eigenvalue weighted by molar-refractivity contribution is 0.234. The first-order valence-electron chi connectivity index (χ1n) is 7.01. The molecule has 0 aliphatic heterocycles. The van der Waals surface area contributed by atoms with Gasteiger partial charge in [0.1, 0.15) is 0 Å². The molecule has 0 aromatic heterocycles. The topological polar surface area (TPSA) is 32.3 Å². The summed E-state index contributed by atoms with van der Waals surface area (Å²) in [6.07, 6.45) is 0. The van der Waals surface area contributed by atoms with Gasteiger partial charge in [0.2, 0.25) is 0 Å². The second-order valence-corrected chi connectivity index (χ2v) is 5.28. The molecular formula is C17H18F3NO. The minimum Gasteiger partial charge on any atom is -0.394 e. The van der Waals surface area contributed by atoms with Gasteiger partial charge >= 0.3 is 0 Å². The molecule has 0 amide bonds. The molecule has 0 heterocycles. The Labute approximate surface area is 127 Å². The number of aliphatic hydroxyl groups excluding tert-OH is 1. The fraction of sp³-hybridized carbons (Fsp3) is 0.294. The third kappa shape index (κ3) is 3.48. The number of hydrogen-bond acceptors (Lipinski definition) is 2. The van der Waals surface area contributed by atoms with Gasteiger partial charge in [0.25, 0.3) is 0 Å². The van der Waals surface area contributed by atoms with E-state index in [1.165, 1.54) is 0 Å². The number of aryl methyl sites for hydroxylation is 1. The van der Waals surface area contributed by atoms with Crippen LogP contribution in [0.25, 0.3) is 0 Å². The number of nitrogens with one attached hydrogen (secondary N) is 1. The standard InChI is InChI=1S/C17H18F3NO/c1-10-5-3-4-6-13(10)11(2)21-16(9-22)12-7-14(18)17(20)15(19)8-12/h3-8,11,16,21-22H,9H2,1-2H3. The number of hydrogen-bond donors (Lipinski definition) is 2. The maximum absolute atomic E-state index is 13.3. The Balaban J connectivity index is 2.24. The molecule has 118 valence electrons. The molecule has 2 aromatic rings. The Kier molecular flexibility index (Phi) is 5.21. The van der Waals surface area contributed by atoms with E-state index in [-0.39, 0.29) is 18.2 Å². The van der Waals surface area contributed by atoms with E-state index in [0.29, 0.717) is 0 Å². The average Bonchev–Trinajstić information content (AvgIpc) is 2.50. The van der Waals surface area contributed by atoms with E-state index >= 15 is 0 Å². The van der Waals surface area contributed by atoms with E-state index in [1.54, 1.807) is 0 Å². The van der Waals surface area contributed by atoms with Gasteiger partial charge in [-0.3, -0.25) is 0 Å². The van der Waals surface area contributed by atoms with Crippen LogP contribution in [0.1, 0.15) is 35.7 Å². The summed E-state index contributed by atoms with van der Waals surface area (Å²) in [4.78, 5) is 0. The van der Waals surface area contributed by atoms with Crippen molar-refractivity contribution >= 4 is 0 Å². The van der Waals surface area contributed by atoms with E-state index in [2.05, 4.69) is 5.32 Å². The van der Waals surface area contributed by atoms with Gasteiger partial charge in [0, 0.05) is 6.04 Å². The summed E-state index contributed by atoms with van der Waals surface area (Å²) in [5, 5.41) is 12.6. The van der Waals surface area contributed by atoms with Crippen LogP contribution in [0.2, 0.25) is 0 Å². The zero-order chi connectivity index (χ0) is 16.3. The summed E-state index contributed by atoms with van der Waals surface area (Å²) in [7, 11) is 0. The quantitative estimate of drug-likeness (QED) is 0.824. The predicted molar refractivity (Wildman–Crippen MR) is 78.9 cm³/mol. The SMILES string of the molecule is Cc1ccccc1C(C)NC(CO)c1cc(F)c(F)c(F)c1. The molecule has 22 heavy (non-hydrogen) atoms. The highest BCUT2D eigenvalue weighted by molar-refractivity contribution is 5.29. The Morgan fingerprint density at radius 2 is 1.68 bits per heavy atom. The second kappa shape index (κ2) is 6.94. The number of halogens is 3. The van der Waals surface area contributed by atoms with Crippen LogP contribution in [0.4, 0.5) is 13.2 Å². The van der Waals surface area contributed by atoms with Gasteiger partial charge in [-0.05, 0) is 42.7 Å². The minimum absolute atomic E-state index is 0.144. The zero-order valence-electron chi connectivity index (χ0n) is 12.4. The molecule has 0 bridgehead atoms. The number of rotatable bonds is 5. The van der Waals surface area contributed by atoms with Crippen LogP contribution >= 0.6 is 0 Å². The second-order valence-electron chi connectivity index (χ2n) is 5.28. The smallest absolute Gasteiger partial charge is 0.194 e. The molecule has 2 rings (SSSR count). The van der Waals surface area contributed by atoms with Gasteiger partial charge in [0.05, 0.1) is 12.6 Å². The van der Waals surface area contributed by atoms with E-state index in [1.807, 2.05) is 38.1 Å². The van der Waals surface area contributed by atoms with Crippen molar-refractivity contribution in [1.29, 1.82) is 0 Å². The van der Waals surface area contributed by atoms with Crippen LogP contribution in [-0.2, 0) is 0 Å². The number of benzene rings is 2. The molecule has 2 nitrogen and oxygen atoms in total. The fourth-order valence-corrected chi connectivity index (χ4v) is 2.49. The third-order valence-corrected chi connectivity index (χ3v) is 3.70. The normalized spacial score (nSPS) is 13.9. The summed E-state index contributed by atoms with van der Waals surface area (Å²) in [6.45, 7) is 3.49. The van der Waals surface area contributed by atoms with Crippen LogP contribution in [0, 0.1) is 24.4 Å². The van der Waals surface area contributed by atoms with E-state index in [9.17, 15) is 18.3 Å². The largest absolute Gasteiger partial charge is 0.394 e. The summed E-state index contributed by atoms with van der Waals surface area (Å²) in [5.41, 5.74) is 2.25. The van der Waals surface area contributed by atoms with Crippen LogP contribution in [-0.4, -0.2) is 11.7 Å². The molecule has 2 atom stereocenters. The Hall–Kier alpha value is -1.85. The average molecular weight is 309 g/mol. The van der Waals surface area contributed by atoms with Crippen LogP contribution < -0.4 is 5.32 Å². The van der Waals surface area contributed by atoms with Crippen molar-refractivity contribution in [3.8, 4) is 0 Å². The monoisotopic (exact) mass is 309 g/mol. The highest BCUT2D eigenvalue weighted by atomic mass is 19.2. The van der Waals surface area contributed by atoms with E-state index in [0.717, 1.165) is 23.3 Å². The van der Waals surface area contributed by atoms with E-state index in [4.69, 9.17) is 0 Å². The van der Waals surface area contributed by atoms with Crippen LogP contribution in [0.3, 0.4) is 0 Å². The Bertz CT molecular complexity index is 637. The lowest BCUT2D eigenvalue weighted by Crippen LogP contribution is -2.28. The minimum atomic E-state index is -1.51. The third-order valence-electron chi connectivity index (χ3n) is 3.70. The molecular weight excluding hydrogens is 291 g/mol. The fourth-order valence-electron chi connectivity index (χ4n) is 2.49. The first-order chi connectivity index (χ1) is 10.4. The van der Waals surface area contributed by atoms with Crippen molar-refractivity contribution in [2.75, 3.05) is 6.61 Å². The first kappa shape index (κ1) is 16.5. The molecule has 0 saturated heterocycles. The molecule has 0 saturated carbocycles. The summed E-state index contributed by atoms with van der Waals surface area (Å²) in [5.74, 6) is -4.04. The van der Waals surface area contributed by atoms with Crippen molar-refractivity contribution < 1.29 is 18.3 Å². The van der Waals surface area contributed by atoms with Gasteiger partial charge in [0.15, 0.2) is 17.5 Å². The molecule has 0 spiro atoms. The number of aliphatic hydroxyl groups is 1. The van der Waals surface area contributed by atoms with Crippen LogP contribution in [0.15, 0.2) is 36.4 Å². The molecule has 0 radical (unpaired) electrons. The summed E-state index contributed by atoms with van der Waals surface area (Å²) in [6, 6.07) is 8.67. The van der Waals surface area contributed by atoms with Crippen LogP contribution in [0.5, 0.6) is 0 Å². The van der Waals surface area contributed by atoms with Gasteiger partial charge in [-0.2, -0.15) is 0 Å². The highest BCUT2D eigenvalue weighted by Gasteiger charge is 2.19. The van der Waals surface area contributed by atoms with Crippen molar-refractivity contribution in [3.05, 3.63) is 70.5 Å². The van der Waals surface area contributed by atoms with Crippen molar-refractivity contribution in [2.24, 2.45) is 0 Å². The van der Waals surface area contributed by atoms with Gasteiger partial charge < -0.3 is 10.4 Å². The van der Waals surface area contributed by atoms with Gasteiger partial charge in [-0.25, -0.2) is 13.2 Å². The maximum Gasteiger partial charge on any atom is 0.194 e. The lowest BCUT2D eigenvalue weighted by Gasteiger charge is -2.23. The van der Waals surface area contributed by atoms with Crippen molar-refractivity contribution in [3.63, 3.8) is 0 Å². The van der Waals surface area contributed by atoms with E-state index < -0.39 is 23.5 Å². The molecule has 5 heteroatoms. The molecule has 0 fully saturated rings. The zero-order valence-corrected chi connectivity index (χ0v) is 12.4. The van der Waals surface area contributed by atoms with Gasteiger partial charge in [-0.15, -0.1) is 0 Å². The molecule has 0 aliphatic rings. The van der Waals surface area contributed by atoms with Gasteiger partial charge in [-0.1, -0.05) is 24.3 Å². The highest BCUT2D eigenvalue weighted by Crippen LogP contribution is 2.24. The summed E-state index contributed by atoms with van der Waals surface area (Å²) >= 11 is 0. The maximum atomic E-state index is 13.3. The molecule has 2 aromatic carbocycles. The Morgan fingerprint density at radius 1 is 1.09 bits per heavy atom. The molecule has 0 aliphatic carbocycles. The molecule has 2 unspecified atom stereocenters. The Morgan fingerprint density at radius 3 is 2.23 bits per heavy atom. The van der Waals surface area contributed by atoms with Crippen molar-refractivity contribution in [1.82, 2.24) is 5.32 Å². The lowest BCUT2D eigenvalue weighted by atomic mass is 10.00. The summed E-state index contributed by atoms with van der Waals surface area (Å²) < 4.78 is 39.7.